The fraction of sp³-hybridized carbons (Fsp3) is 0.167. The Kier molecular flexibility index (Phi) is 5.82. The lowest BCUT2D eigenvalue weighted by Gasteiger charge is -2.05. The van der Waals surface area contributed by atoms with Crippen LogP contribution in [0.25, 0.3) is 0 Å². The number of Topliss-reactive ketones (excluding diaryl/α,β-unsaturated/α-hetero) is 1. The third-order valence-electron chi connectivity index (χ3n) is 3.54. The Morgan fingerprint density at radius 2 is 1.52 bits per heavy atom. The second kappa shape index (κ2) is 7.85. The van der Waals surface area contributed by atoms with Crippen molar-refractivity contribution in [2.24, 2.45) is 0 Å². The molecule has 0 fully saturated rings. The molecule has 7 heteroatoms. The summed E-state index contributed by atoms with van der Waals surface area (Å²) in [7, 11) is -3.32. The first-order valence-corrected chi connectivity index (χ1v) is 9.24. The molecule has 130 valence electrons. The quantitative estimate of drug-likeness (QED) is 0.789. The average Bonchev–Trinajstić information content (AvgIpc) is 2.62. The van der Waals surface area contributed by atoms with E-state index in [0.717, 1.165) is 0 Å². The summed E-state index contributed by atoms with van der Waals surface area (Å²) >= 11 is 0. The highest BCUT2D eigenvalue weighted by Crippen LogP contribution is 2.13. The summed E-state index contributed by atoms with van der Waals surface area (Å²) in [6.45, 7) is 1.54. The van der Waals surface area contributed by atoms with Crippen LogP contribution in [0.2, 0.25) is 0 Å². The number of hydrogen-bond acceptors (Lipinski definition) is 5. The Morgan fingerprint density at radius 1 is 0.920 bits per heavy atom. The molecule has 0 spiro atoms. The molecule has 2 amide bonds. The molecular formula is C18H17NO5S. The summed E-state index contributed by atoms with van der Waals surface area (Å²) in [6, 6.07) is 13.8. The number of benzene rings is 2. The standard InChI is InChI=1S/C18H17NO5S/c1-2-25(23,24)15-10-8-13(9-11-15)12-16(20)18(22)19-17(21)14-6-4-3-5-7-14/h3-11H,2,12H2,1H3,(H,19,21,22). The van der Waals surface area contributed by atoms with Crippen molar-refractivity contribution in [3.05, 3.63) is 65.7 Å². The van der Waals surface area contributed by atoms with Gasteiger partial charge >= 0.3 is 0 Å². The molecule has 0 aromatic heterocycles. The highest BCUT2D eigenvalue weighted by Gasteiger charge is 2.18. The summed E-state index contributed by atoms with van der Waals surface area (Å²) in [5, 5.41) is 2.04. The monoisotopic (exact) mass is 359 g/mol. The van der Waals surface area contributed by atoms with Crippen molar-refractivity contribution in [2.75, 3.05) is 5.75 Å². The molecule has 0 heterocycles. The smallest absolute Gasteiger partial charge is 0.288 e. The number of nitrogens with one attached hydrogen (secondary N) is 1. The maximum absolute atomic E-state index is 11.9. The predicted octanol–water partition coefficient (Wildman–Crippen LogP) is 1.55. The van der Waals surface area contributed by atoms with Crippen molar-refractivity contribution in [1.29, 1.82) is 0 Å². The van der Waals surface area contributed by atoms with E-state index in [1.165, 1.54) is 36.4 Å². The highest BCUT2D eigenvalue weighted by molar-refractivity contribution is 7.91. The van der Waals surface area contributed by atoms with Crippen LogP contribution in [0.4, 0.5) is 0 Å². The van der Waals surface area contributed by atoms with Crippen molar-refractivity contribution in [3.63, 3.8) is 0 Å². The minimum Gasteiger partial charge on any atom is -0.288 e. The summed E-state index contributed by atoms with van der Waals surface area (Å²) in [6.07, 6.45) is -0.222. The van der Waals surface area contributed by atoms with E-state index in [0.29, 0.717) is 5.56 Å². The molecule has 0 bridgehead atoms. The first kappa shape index (κ1) is 18.5. The number of carbonyl (C=O) groups is 3. The second-order valence-corrected chi connectivity index (χ2v) is 7.57. The average molecular weight is 359 g/mol. The first-order valence-electron chi connectivity index (χ1n) is 7.58. The molecule has 0 aliphatic carbocycles. The van der Waals surface area contributed by atoms with Crippen LogP contribution in [0.5, 0.6) is 0 Å². The van der Waals surface area contributed by atoms with E-state index in [-0.39, 0.29) is 22.6 Å². The van der Waals surface area contributed by atoms with Gasteiger partial charge in [-0.3, -0.25) is 19.7 Å². The van der Waals surface area contributed by atoms with Gasteiger partial charge in [0.15, 0.2) is 9.84 Å². The number of amides is 2. The topological polar surface area (TPSA) is 97.4 Å². The minimum absolute atomic E-state index is 0.0186. The summed E-state index contributed by atoms with van der Waals surface area (Å²) in [4.78, 5) is 35.8. The SMILES string of the molecule is CCS(=O)(=O)c1ccc(CC(=O)C(=O)NC(=O)c2ccccc2)cc1. The zero-order chi connectivity index (χ0) is 18.4. The Hall–Kier alpha value is -2.80. The Labute approximate surface area is 145 Å². The van der Waals surface area contributed by atoms with Gasteiger partial charge in [-0.05, 0) is 29.8 Å². The maximum Gasteiger partial charge on any atom is 0.294 e. The Morgan fingerprint density at radius 3 is 2.08 bits per heavy atom. The van der Waals surface area contributed by atoms with Crippen LogP contribution in [0.15, 0.2) is 59.5 Å². The molecule has 0 aliphatic rings. The minimum atomic E-state index is -3.32. The van der Waals surface area contributed by atoms with E-state index in [2.05, 4.69) is 0 Å². The third-order valence-corrected chi connectivity index (χ3v) is 5.29. The molecule has 2 rings (SSSR count). The van der Waals surface area contributed by atoms with Gasteiger partial charge in [-0.1, -0.05) is 37.3 Å². The van der Waals surface area contributed by atoms with E-state index < -0.39 is 27.4 Å². The van der Waals surface area contributed by atoms with Gasteiger partial charge in [-0.15, -0.1) is 0 Å². The van der Waals surface area contributed by atoms with Crippen molar-refractivity contribution in [1.82, 2.24) is 5.32 Å². The molecule has 2 aromatic rings. The van der Waals surface area contributed by atoms with Crippen LogP contribution in [-0.4, -0.2) is 31.8 Å². The fourth-order valence-corrected chi connectivity index (χ4v) is 2.97. The van der Waals surface area contributed by atoms with Crippen LogP contribution in [0.3, 0.4) is 0 Å². The number of carbonyl (C=O) groups excluding carboxylic acids is 3. The molecular weight excluding hydrogens is 342 g/mol. The van der Waals surface area contributed by atoms with Gasteiger partial charge < -0.3 is 0 Å². The number of imide groups is 1. The number of hydrogen-bond donors (Lipinski definition) is 1. The Balaban J connectivity index is 1.99. The largest absolute Gasteiger partial charge is 0.294 e. The van der Waals surface area contributed by atoms with Crippen molar-refractivity contribution in [3.8, 4) is 0 Å². The maximum atomic E-state index is 11.9. The molecule has 0 atom stereocenters. The van der Waals surface area contributed by atoms with Gasteiger partial charge in [0.25, 0.3) is 11.8 Å². The van der Waals surface area contributed by atoms with E-state index in [9.17, 15) is 22.8 Å². The van der Waals surface area contributed by atoms with Crippen molar-refractivity contribution < 1.29 is 22.8 Å². The molecule has 0 unspecified atom stereocenters. The normalized spacial score (nSPS) is 10.9. The van der Waals surface area contributed by atoms with Gasteiger partial charge in [0.2, 0.25) is 5.78 Å². The molecule has 2 aromatic carbocycles. The highest BCUT2D eigenvalue weighted by atomic mass is 32.2. The number of rotatable bonds is 6. The zero-order valence-electron chi connectivity index (χ0n) is 13.6. The van der Waals surface area contributed by atoms with Crippen molar-refractivity contribution >= 4 is 27.4 Å². The van der Waals surface area contributed by atoms with E-state index in [1.807, 2.05) is 5.32 Å². The van der Waals surface area contributed by atoms with Crippen LogP contribution in [-0.2, 0) is 25.8 Å². The third kappa shape index (κ3) is 4.84. The lowest BCUT2D eigenvalue weighted by Crippen LogP contribution is -2.36. The van der Waals surface area contributed by atoms with E-state index in [1.54, 1.807) is 25.1 Å². The molecule has 6 nitrogen and oxygen atoms in total. The van der Waals surface area contributed by atoms with Crippen LogP contribution >= 0.6 is 0 Å². The number of ketones is 1. The van der Waals surface area contributed by atoms with Crippen molar-refractivity contribution in [2.45, 2.75) is 18.2 Å². The molecule has 0 aliphatic heterocycles. The summed E-state index contributed by atoms with van der Waals surface area (Å²) < 4.78 is 23.5. The van der Waals surface area contributed by atoms with Crippen LogP contribution in [0, 0.1) is 0 Å². The lowest BCUT2D eigenvalue weighted by atomic mass is 10.1. The summed E-state index contributed by atoms with van der Waals surface area (Å²) in [5.41, 5.74) is 0.764. The van der Waals surface area contributed by atoms with Gasteiger partial charge in [-0.2, -0.15) is 0 Å². The lowest BCUT2D eigenvalue weighted by molar-refractivity contribution is -0.136. The Bertz CT molecular complexity index is 887. The zero-order valence-corrected chi connectivity index (χ0v) is 14.4. The molecule has 0 saturated heterocycles. The number of sulfone groups is 1. The molecule has 25 heavy (non-hydrogen) atoms. The molecule has 0 saturated carbocycles. The van der Waals surface area contributed by atoms with Crippen LogP contribution < -0.4 is 5.32 Å². The van der Waals surface area contributed by atoms with E-state index >= 15 is 0 Å². The van der Waals surface area contributed by atoms with Gasteiger partial charge in [0.1, 0.15) is 0 Å². The van der Waals surface area contributed by atoms with Gasteiger partial charge in [0.05, 0.1) is 10.6 Å². The molecule has 0 radical (unpaired) electrons. The van der Waals surface area contributed by atoms with Gasteiger partial charge in [0, 0.05) is 12.0 Å². The first-order chi connectivity index (χ1) is 11.8. The van der Waals surface area contributed by atoms with Crippen LogP contribution in [0.1, 0.15) is 22.8 Å². The van der Waals surface area contributed by atoms with Gasteiger partial charge in [-0.25, -0.2) is 8.42 Å². The predicted molar refractivity (Wildman–Crippen MR) is 91.8 cm³/mol. The molecule has 1 N–H and O–H groups in total. The summed E-state index contributed by atoms with van der Waals surface area (Å²) in [5.74, 6) is -2.45. The second-order valence-electron chi connectivity index (χ2n) is 5.30. The fourth-order valence-electron chi connectivity index (χ4n) is 2.08. The van der Waals surface area contributed by atoms with E-state index in [4.69, 9.17) is 0 Å².